The molecule has 0 radical (unpaired) electrons. The minimum absolute atomic E-state index is 0.0525. The van der Waals surface area contributed by atoms with Crippen LogP contribution in [0.4, 0.5) is 5.69 Å². The van der Waals surface area contributed by atoms with Gasteiger partial charge in [-0.2, -0.15) is 0 Å². The number of amides is 2. The Morgan fingerprint density at radius 3 is 2.34 bits per heavy atom. The lowest BCUT2D eigenvalue weighted by Gasteiger charge is -2.22. The topological polar surface area (TPSA) is 89.9 Å². The van der Waals surface area contributed by atoms with Crippen LogP contribution in [0.15, 0.2) is 54.6 Å². The molecule has 152 valence electrons. The van der Waals surface area contributed by atoms with Crippen LogP contribution >= 0.6 is 0 Å². The summed E-state index contributed by atoms with van der Waals surface area (Å²) in [5, 5.41) is 12.0. The number of hydrogen-bond donors (Lipinski definition) is 2. The van der Waals surface area contributed by atoms with Gasteiger partial charge in [0.15, 0.2) is 0 Å². The van der Waals surface area contributed by atoms with Crippen molar-refractivity contribution in [1.29, 1.82) is 0 Å². The monoisotopic (exact) mass is 395 g/mol. The summed E-state index contributed by atoms with van der Waals surface area (Å²) in [6.45, 7) is 1.32. The first-order valence-electron chi connectivity index (χ1n) is 9.66. The molecule has 0 atom stereocenters. The molecule has 1 aliphatic heterocycles. The Kier molecular flexibility index (Phi) is 6.84. The summed E-state index contributed by atoms with van der Waals surface area (Å²) in [4.78, 5) is 38.9. The van der Waals surface area contributed by atoms with Gasteiger partial charge in [0.2, 0.25) is 11.8 Å². The van der Waals surface area contributed by atoms with Gasteiger partial charge in [-0.1, -0.05) is 42.5 Å². The van der Waals surface area contributed by atoms with Crippen molar-refractivity contribution in [2.45, 2.75) is 25.9 Å². The van der Waals surface area contributed by atoms with Crippen LogP contribution in [0.3, 0.4) is 0 Å². The number of aliphatic carboxylic acids is 1. The second-order valence-electron chi connectivity index (χ2n) is 7.05. The Bertz CT molecular complexity index is 869. The van der Waals surface area contributed by atoms with E-state index in [1.165, 1.54) is 4.90 Å². The van der Waals surface area contributed by atoms with Gasteiger partial charge in [-0.05, 0) is 29.7 Å². The van der Waals surface area contributed by atoms with E-state index in [4.69, 9.17) is 5.11 Å². The van der Waals surface area contributed by atoms with E-state index in [1.807, 2.05) is 35.2 Å². The van der Waals surface area contributed by atoms with Gasteiger partial charge in [0.1, 0.15) is 6.54 Å². The maximum atomic E-state index is 12.5. The fourth-order valence-corrected chi connectivity index (χ4v) is 3.42. The van der Waals surface area contributed by atoms with E-state index in [2.05, 4.69) is 5.32 Å². The van der Waals surface area contributed by atoms with Crippen molar-refractivity contribution in [2.24, 2.45) is 0 Å². The van der Waals surface area contributed by atoms with Crippen LogP contribution in [0.25, 0.3) is 0 Å². The molecule has 0 bridgehead atoms. The second kappa shape index (κ2) is 9.73. The molecule has 29 heavy (non-hydrogen) atoms. The van der Waals surface area contributed by atoms with Crippen LogP contribution in [0.1, 0.15) is 24.0 Å². The third-order valence-electron chi connectivity index (χ3n) is 4.91. The lowest BCUT2D eigenvalue weighted by atomic mass is 10.1. The molecule has 0 aromatic heterocycles. The molecule has 0 spiro atoms. The predicted octanol–water partition coefficient (Wildman–Crippen LogP) is 2.02. The summed E-state index contributed by atoms with van der Waals surface area (Å²) < 4.78 is 0. The highest BCUT2D eigenvalue weighted by Gasteiger charge is 2.21. The highest BCUT2D eigenvalue weighted by atomic mass is 16.4. The van der Waals surface area contributed by atoms with Crippen LogP contribution < -0.4 is 10.2 Å². The smallest absolute Gasteiger partial charge is 0.323 e. The van der Waals surface area contributed by atoms with Crippen molar-refractivity contribution in [3.8, 4) is 0 Å². The first-order chi connectivity index (χ1) is 14.0. The summed E-state index contributed by atoms with van der Waals surface area (Å²) in [5.41, 5.74) is 2.64. The third-order valence-corrected chi connectivity index (χ3v) is 4.91. The van der Waals surface area contributed by atoms with Crippen LogP contribution in [0.2, 0.25) is 0 Å². The van der Waals surface area contributed by atoms with Crippen molar-refractivity contribution >= 4 is 23.5 Å². The van der Waals surface area contributed by atoms with E-state index in [9.17, 15) is 14.4 Å². The number of carboxylic acid groups (broad SMARTS) is 1. The fraction of sp³-hybridized carbons (Fsp3) is 0.318. The number of nitrogens with one attached hydrogen (secondary N) is 1. The van der Waals surface area contributed by atoms with Gasteiger partial charge in [0.25, 0.3) is 0 Å². The number of rotatable bonds is 9. The summed E-state index contributed by atoms with van der Waals surface area (Å²) in [5.74, 6) is -1.10. The molecule has 1 aliphatic rings. The lowest BCUT2D eigenvalue weighted by molar-refractivity contribution is -0.135. The third kappa shape index (κ3) is 5.81. The zero-order valence-electron chi connectivity index (χ0n) is 16.2. The maximum absolute atomic E-state index is 12.5. The van der Waals surface area contributed by atoms with Crippen molar-refractivity contribution < 1.29 is 19.5 Å². The first-order valence-corrected chi connectivity index (χ1v) is 9.66. The summed E-state index contributed by atoms with van der Waals surface area (Å²) in [7, 11) is 0. The van der Waals surface area contributed by atoms with Gasteiger partial charge in [-0.25, -0.2) is 0 Å². The Balaban J connectivity index is 1.61. The molecule has 1 heterocycles. The second-order valence-corrected chi connectivity index (χ2v) is 7.05. The largest absolute Gasteiger partial charge is 0.480 e. The first kappa shape index (κ1) is 20.4. The molecule has 2 N–H and O–H groups in total. The SMILES string of the molecule is O=C(O)CN(CC(=O)NCc1ccccc1CN1CCCC1=O)c1ccccc1. The zero-order valence-corrected chi connectivity index (χ0v) is 16.2. The van der Waals surface area contributed by atoms with Gasteiger partial charge in [0, 0.05) is 31.7 Å². The number of nitrogens with zero attached hydrogens (tertiary/aromatic N) is 2. The van der Waals surface area contributed by atoms with Crippen molar-refractivity contribution in [1.82, 2.24) is 10.2 Å². The summed E-state index contributed by atoms with van der Waals surface area (Å²) in [6.07, 6.45) is 1.48. The highest BCUT2D eigenvalue weighted by molar-refractivity contribution is 5.84. The number of likely N-dealkylation sites (tertiary alicyclic amines) is 1. The van der Waals surface area contributed by atoms with Gasteiger partial charge in [0.05, 0.1) is 6.54 Å². The average molecular weight is 395 g/mol. The normalized spacial score (nSPS) is 13.4. The molecular formula is C22H25N3O4. The van der Waals surface area contributed by atoms with E-state index < -0.39 is 5.97 Å². The van der Waals surface area contributed by atoms with E-state index in [1.54, 1.807) is 24.3 Å². The number of benzene rings is 2. The molecule has 0 unspecified atom stereocenters. The molecule has 7 heteroatoms. The molecule has 1 saturated heterocycles. The Labute approximate surface area is 169 Å². The Morgan fingerprint density at radius 1 is 1.00 bits per heavy atom. The quantitative estimate of drug-likeness (QED) is 0.678. The van der Waals surface area contributed by atoms with Gasteiger partial charge < -0.3 is 20.2 Å². The maximum Gasteiger partial charge on any atom is 0.323 e. The van der Waals surface area contributed by atoms with Crippen LogP contribution in [0, 0.1) is 0 Å². The number of para-hydroxylation sites is 1. The molecule has 2 aromatic rings. The predicted molar refractivity (Wildman–Crippen MR) is 109 cm³/mol. The Morgan fingerprint density at radius 2 is 1.69 bits per heavy atom. The standard InChI is InChI=1S/C22H25N3O4/c26-20(15-25(16-22(28)29)19-9-2-1-3-10-19)23-13-17-7-4-5-8-18(17)14-24-12-6-11-21(24)27/h1-5,7-10H,6,11-16H2,(H,23,26)(H,28,29). The van der Waals surface area contributed by atoms with Gasteiger partial charge in [-0.3, -0.25) is 14.4 Å². The van der Waals surface area contributed by atoms with Crippen molar-refractivity contribution in [3.63, 3.8) is 0 Å². The number of hydrogen-bond acceptors (Lipinski definition) is 4. The zero-order chi connectivity index (χ0) is 20.6. The fourth-order valence-electron chi connectivity index (χ4n) is 3.42. The molecule has 2 amide bonds. The number of carbonyl (C=O) groups is 3. The number of carboxylic acids is 1. The van der Waals surface area contributed by atoms with Crippen LogP contribution in [-0.4, -0.2) is 47.4 Å². The van der Waals surface area contributed by atoms with E-state index >= 15 is 0 Å². The molecule has 0 aliphatic carbocycles. The van der Waals surface area contributed by atoms with E-state index in [0.29, 0.717) is 25.2 Å². The van der Waals surface area contributed by atoms with Crippen molar-refractivity contribution in [3.05, 3.63) is 65.7 Å². The van der Waals surface area contributed by atoms with Gasteiger partial charge in [-0.15, -0.1) is 0 Å². The summed E-state index contributed by atoms with van der Waals surface area (Å²) >= 11 is 0. The molecule has 2 aromatic carbocycles. The van der Waals surface area contributed by atoms with Crippen LogP contribution in [-0.2, 0) is 27.5 Å². The average Bonchev–Trinajstić information content (AvgIpc) is 3.12. The molecule has 3 rings (SSSR count). The summed E-state index contributed by atoms with van der Waals surface area (Å²) in [6, 6.07) is 16.7. The molecular weight excluding hydrogens is 370 g/mol. The number of carbonyl (C=O) groups excluding carboxylic acids is 2. The minimum atomic E-state index is -0.998. The molecule has 0 saturated carbocycles. The van der Waals surface area contributed by atoms with Crippen molar-refractivity contribution in [2.75, 3.05) is 24.5 Å². The van der Waals surface area contributed by atoms with Crippen LogP contribution in [0.5, 0.6) is 0 Å². The highest BCUT2D eigenvalue weighted by Crippen LogP contribution is 2.17. The molecule has 7 nitrogen and oxygen atoms in total. The molecule has 1 fully saturated rings. The van der Waals surface area contributed by atoms with E-state index in [0.717, 1.165) is 24.1 Å². The number of anilines is 1. The minimum Gasteiger partial charge on any atom is -0.480 e. The Hall–Kier alpha value is -3.35. The lowest BCUT2D eigenvalue weighted by Crippen LogP contribution is -2.39. The van der Waals surface area contributed by atoms with Gasteiger partial charge >= 0.3 is 5.97 Å². The van der Waals surface area contributed by atoms with E-state index in [-0.39, 0.29) is 24.9 Å².